The van der Waals surface area contributed by atoms with Crippen molar-refractivity contribution in [2.45, 2.75) is 30.7 Å². The Hall–Kier alpha value is -0.550. The van der Waals surface area contributed by atoms with Crippen molar-refractivity contribution in [3.63, 3.8) is 0 Å². The highest BCUT2D eigenvalue weighted by molar-refractivity contribution is 9.12. The fraction of sp³-hybridized carbons (Fsp3) is 0.562. The van der Waals surface area contributed by atoms with Gasteiger partial charge < -0.3 is 9.64 Å². The molecule has 21 heavy (non-hydrogen) atoms. The SMILES string of the molecule is O=C(OCc1ccccc1)N1CCC(CC(Br)CBr)CC1. The van der Waals surface area contributed by atoms with Gasteiger partial charge in [-0.1, -0.05) is 62.2 Å². The first-order chi connectivity index (χ1) is 10.2. The molecule has 0 aromatic heterocycles. The van der Waals surface area contributed by atoms with Gasteiger partial charge in [-0.15, -0.1) is 0 Å². The molecule has 116 valence electrons. The van der Waals surface area contributed by atoms with Crippen LogP contribution in [0.5, 0.6) is 0 Å². The number of hydrogen-bond acceptors (Lipinski definition) is 2. The number of piperidine rings is 1. The number of alkyl halides is 2. The summed E-state index contributed by atoms with van der Waals surface area (Å²) < 4.78 is 5.38. The van der Waals surface area contributed by atoms with Gasteiger partial charge in [-0.2, -0.15) is 0 Å². The summed E-state index contributed by atoms with van der Waals surface area (Å²) in [6.45, 7) is 1.97. The summed E-state index contributed by atoms with van der Waals surface area (Å²) in [7, 11) is 0. The molecule has 0 radical (unpaired) electrons. The number of ether oxygens (including phenoxy) is 1. The number of amides is 1. The van der Waals surface area contributed by atoms with Crippen LogP contribution in [-0.4, -0.2) is 34.2 Å². The molecule has 1 atom stereocenters. The Labute approximate surface area is 143 Å². The molecule has 1 heterocycles. The van der Waals surface area contributed by atoms with E-state index in [2.05, 4.69) is 31.9 Å². The monoisotopic (exact) mass is 417 g/mol. The third-order valence-electron chi connectivity index (χ3n) is 3.83. The third kappa shape index (κ3) is 5.62. The lowest BCUT2D eigenvalue weighted by Gasteiger charge is -2.32. The summed E-state index contributed by atoms with van der Waals surface area (Å²) in [6.07, 6.45) is 3.11. The van der Waals surface area contributed by atoms with Crippen LogP contribution < -0.4 is 0 Å². The molecule has 1 aromatic rings. The Morgan fingerprint density at radius 1 is 1.29 bits per heavy atom. The highest BCUT2D eigenvalue weighted by Gasteiger charge is 2.24. The summed E-state index contributed by atoms with van der Waals surface area (Å²) in [5.74, 6) is 0.699. The zero-order chi connectivity index (χ0) is 15.1. The fourth-order valence-corrected chi connectivity index (χ4v) is 3.38. The highest BCUT2D eigenvalue weighted by Crippen LogP contribution is 2.25. The van der Waals surface area contributed by atoms with Gasteiger partial charge in [0.15, 0.2) is 0 Å². The van der Waals surface area contributed by atoms with E-state index in [-0.39, 0.29) is 6.09 Å². The number of rotatable bonds is 5. The number of likely N-dealkylation sites (tertiary alicyclic amines) is 1. The molecule has 1 aromatic carbocycles. The van der Waals surface area contributed by atoms with Crippen LogP contribution in [0.15, 0.2) is 30.3 Å². The molecule has 1 saturated heterocycles. The summed E-state index contributed by atoms with van der Waals surface area (Å²) in [5, 5.41) is 0.979. The van der Waals surface area contributed by atoms with E-state index in [1.54, 1.807) is 0 Å². The zero-order valence-electron chi connectivity index (χ0n) is 12.0. The van der Waals surface area contributed by atoms with Gasteiger partial charge in [-0.25, -0.2) is 4.79 Å². The molecule has 0 saturated carbocycles. The van der Waals surface area contributed by atoms with Crippen molar-refractivity contribution in [2.24, 2.45) is 5.92 Å². The lowest BCUT2D eigenvalue weighted by molar-refractivity contribution is 0.0817. The lowest BCUT2D eigenvalue weighted by atomic mass is 9.93. The van der Waals surface area contributed by atoms with Gasteiger partial charge >= 0.3 is 6.09 Å². The van der Waals surface area contributed by atoms with Crippen molar-refractivity contribution in [1.29, 1.82) is 0 Å². The van der Waals surface area contributed by atoms with Crippen molar-refractivity contribution in [1.82, 2.24) is 4.90 Å². The van der Waals surface area contributed by atoms with Gasteiger partial charge in [-0.3, -0.25) is 0 Å². The molecule has 1 aliphatic rings. The van der Waals surface area contributed by atoms with E-state index in [0.717, 1.165) is 43.2 Å². The first-order valence-corrected chi connectivity index (χ1v) is 9.38. The molecule has 0 aliphatic carbocycles. The van der Waals surface area contributed by atoms with Crippen LogP contribution >= 0.6 is 31.9 Å². The average molecular weight is 419 g/mol. The van der Waals surface area contributed by atoms with E-state index in [9.17, 15) is 4.79 Å². The van der Waals surface area contributed by atoms with Gasteiger partial charge in [0.1, 0.15) is 6.61 Å². The van der Waals surface area contributed by atoms with Gasteiger partial charge in [-0.05, 0) is 30.7 Å². The lowest BCUT2D eigenvalue weighted by Crippen LogP contribution is -2.39. The Kier molecular flexibility index (Phi) is 7.04. The van der Waals surface area contributed by atoms with Gasteiger partial charge in [0.25, 0.3) is 0 Å². The number of carbonyl (C=O) groups excluding carboxylic acids is 1. The van der Waals surface area contributed by atoms with Gasteiger partial charge in [0.2, 0.25) is 0 Å². The minimum atomic E-state index is -0.187. The van der Waals surface area contributed by atoms with Gasteiger partial charge in [0.05, 0.1) is 0 Å². The Bertz CT molecular complexity index is 433. The second kappa shape index (κ2) is 8.79. The molecule has 2 rings (SSSR count). The quantitative estimate of drug-likeness (QED) is 0.654. The summed E-state index contributed by atoms with van der Waals surface area (Å²) in [6, 6.07) is 9.80. The molecule has 1 unspecified atom stereocenters. The van der Waals surface area contributed by atoms with E-state index >= 15 is 0 Å². The molecule has 0 spiro atoms. The molecule has 1 fully saturated rings. The Morgan fingerprint density at radius 2 is 1.95 bits per heavy atom. The van der Waals surface area contributed by atoms with E-state index < -0.39 is 0 Å². The number of carbonyl (C=O) groups is 1. The van der Waals surface area contributed by atoms with Crippen molar-refractivity contribution in [3.05, 3.63) is 35.9 Å². The van der Waals surface area contributed by atoms with Crippen LogP contribution in [0.25, 0.3) is 0 Å². The largest absolute Gasteiger partial charge is 0.445 e. The van der Waals surface area contributed by atoms with E-state index in [0.29, 0.717) is 17.4 Å². The van der Waals surface area contributed by atoms with Crippen LogP contribution in [0.2, 0.25) is 0 Å². The van der Waals surface area contributed by atoms with Crippen LogP contribution in [0.1, 0.15) is 24.8 Å². The molecule has 1 aliphatic heterocycles. The minimum Gasteiger partial charge on any atom is -0.445 e. The van der Waals surface area contributed by atoms with Gasteiger partial charge in [0, 0.05) is 23.2 Å². The number of benzene rings is 1. The molecule has 1 amide bonds. The molecule has 0 bridgehead atoms. The summed E-state index contributed by atoms with van der Waals surface area (Å²) in [5.41, 5.74) is 1.03. The molecular formula is C16H21Br2NO2. The maximum atomic E-state index is 12.0. The normalized spacial score (nSPS) is 17.5. The Morgan fingerprint density at radius 3 is 2.57 bits per heavy atom. The number of nitrogens with zero attached hydrogens (tertiary/aromatic N) is 1. The van der Waals surface area contributed by atoms with Crippen LogP contribution in [-0.2, 0) is 11.3 Å². The van der Waals surface area contributed by atoms with E-state index in [1.165, 1.54) is 0 Å². The zero-order valence-corrected chi connectivity index (χ0v) is 15.2. The van der Waals surface area contributed by atoms with Crippen molar-refractivity contribution in [2.75, 3.05) is 18.4 Å². The molecule has 5 heteroatoms. The average Bonchev–Trinajstić information content (AvgIpc) is 2.54. The summed E-state index contributed by atoms with van der Waals surface area (Å²) in [4.78, 5) is 14.4. The van der Waals surface area contributed by atoms with Crippen LogP contribution in [0.4, 0.5) is 4.79 Å². The van der Waals surface area contributed by atoms with E-state index in [1.807, 2.05) is 35.2 Å². The molecular weight excluding hydrogens is 398 g/mol. The highest BCUT2D eigenvalue weighted by atomic mass is 79.9. The molecule has 3 nitrogen and oxygen atoms in total. The molecule has 0 N–H and O–H groups in total. The predicted octanol–water partition coefficient (Wildman–Crippen LogP) is 4.58. The number of hydrogen-bond donors (Lipinski definition) is 0. The maximum absolute atomic E-state index is 12.0. The second-order valence-corrected chi connectivity index (χ2v) is 7.40. The Balaban J connectivity index is 1.70. The standard InChI is InChI=1S/C16H21Br2NO2/c17-11-15(18)10-13-6-8-19(9-7-13)16(20)21-12-14-4-2-1-3-5-14/h1-5,13,15H,6-12H2. The topological polar surface area (TPSA) is 29.5 Å². The smallest absolute Gasteiger partial charge is 0.410 e. The second-order valence-electron chi connectivity index (χ2n) is 5.46. The maximum Gasteiger partial charge on any atom is 0.410 e. The van der Waals surface area contributed by atoms with Crippen LogP contribution in [0.3, 0.4) is 0 Å². The van der Waals surface area contributed by atoms with Crippen LogP contribution in [0, 0.1) is 5.92 Å². The summed E-state index contributed by atoms with van der Waals surface area (Å²) >= 11 is 7.14. The van der Waals surface area contributed by atoms with Crippen molar-refractivity contribution < 1.29 is 9.53 Å². The first-order valence-electron chi connectivity index (χ1n) is 7.34. The van der Waals surface area contributed by atoms with E-state index in [4.69, 9.17) is 4.74 Å². The number of halogens is 2. The third-order valence-corrected chi connectivity index (χ3v) is 6.18. The first kappa shape index (κ1) is 16.8. The van der Waals surface area contributed by atoms with Crippen molar-refractivity contribution >= 4 is 38.0 Å². The van der Waals surface area contributed by atoms with Crippen molar-refractivity contribution in [3.8, 4) is 0 Å². The fourth-order valence-electron chi connectivity index (χ4n) is 2.59. The minimum absolute atomic E-state index is 0.187. The predicted molar refractivity (Wildman–Crippen MR) is 92.1 cm³/mol.